The van der Waals surface area contributed by atoms with Crippen molar-refractivity contribution >= 4 is 12.1 Å². The van der Waals surface area contributed by atoms with Crippen molar-refractivity contribution in [3.63, 3.8) is 0 Å². The second-order valence-electron chi connectivity index (χ2n) is 7.38. The lowest BCUT2D eigenvalue weighted by Crippen LogP contribution is -2.29. The lowest BCUT2D eigenvalue weighted by Gasteiger charge is -2.17. The van der Waals surface area contributed by atoms with Gasteiger partial charge in [-0.3, -0.25) is 0 Å². The van der Waals surface area contributed by atoms with Gasteiger partial charge in [-0.1, -0.05) is 42.5 Å². The highest BCUT2D eigenvalue weighted by atomic mass is 16.5. The molecule has 6 nitrogen and oxygen atoms in total. The van der Waals surface area contributed by atoms with Crippen molar-refractivity contribution in [3.05, 3.63) is 70.3 Å². The maximum Gasteiger partial charge on any atom is 0.407 e. The third kappa shape index (κ3) is 7.58. The van der Waals surface area contributed by atoms with Crippen molar-refractivity contribution in [1.29, 1.82) is 0 Å². The molecule has 1 amide bonds. The first-order valence-electron chi connectivity index (χ1n) is 9.67. The van der Waals surface area contributed by atoms with Gasteiger partial charge in [0, 0.05) is 13.0 Å². The van der Waals surface area contributed by atoms with Crippen LogP contribution in [0.4, 0.5) is 4.79 Å². The second kappa shape index (κ2) is 10.6. The molecule has 29 heavy (non-hydrogen) atoms. The Kier molecular flexibility index (Phi) is 8.21. The number of hydrogen-bond donors (Lipinski definition) is 2. The Morgan fingerprint density at radius 1 is 1.00 bits per heavy atom. The molecule has 1 atom stereocenters. The number of hydrogen-bond acceptors (Lipinski definition) is 4. The molecule has 0 aliphatic heterocycles. The molecule has 0 spiro atoms. The Bertz CT molecular complexity index is 847. The summed E-state index contributed by atoms with van der Waals surface area (Å²) in [4.78, 5) is 23.4. The number of aliphatic carboxylic acids is 1. The van der Waals surface area contributed by atoms with E-state index in [1.54, 1.807) is 13.8 Å². The van der Waals surface area contributed by atoms with Gasteiger partial charge in [0.25, 0.3) is 0 Å². The Balaban J connectivity index is 1.86. The van der Waals surface area contributed by atoms with E-state index in [0.29, 0.717) is 6.54 Å². The number of rotatable bonds is 9. The van der Waals surface area contributed by atoms with Crippen LogP contribution in [0.15, 0.2) is 42.5 Å². The van der Waals surface area contributed by atoms with Crippen molar-refractivity contribution in [2.24, 2.45) is 0 Å². The molecule has 2 aromatic rings. The van der Waals surface area contributed by atoms with Gasteiger partial charge in [0.2, 0.25) is 0 Å². The number of carboxylic acid groups (broad SMARTS) is 1. The van der Waals surface area contributed by atoms with Gasteiger partial charge >= 0.3 is 12.1 Å². The van der Waals surface area contributed by atoms with Crippen LogP contribution in [-0.4, -0.2) is 29.4 Å². The van der Waals surface area contributed by atoms with Crippen molar-refractivity contribution in [3.8, 4) is 0 Å². The Morgan fingerprint density at radius 2 is 1.72 bits per heavy atom. The van der Waals surface area contributed by atoms with E-state index in [1.165, 1.54) is 5.56 Å². The summed E-state index contributed by atoms with van der Waals surface area (Å²) in [6.45, 7) is 8.17. The fraction of sp³-hybridized carbons (Fsp3) is 0.391. The highest BCUT2D eigenvalue weighted by Gasteiger charge is 2.20. The van der Waals surface area contributed by atoms with Gasteiger partial charge in [-0.15, -0.1) is 0 Å². The highest BCUT2D eigenvalue weighted by Crippen LogP contribution is 2.13. The third-order valence-corrected chi connectivity index (χ3v) is 4.50. The average Bonchev–Trinajstić information content (AvgIpc) is 2.66. The number of carbonyl (C=O) groups is 2. The minimum Gasteiger partial charge on any atom is -0.479 e. The van der Waals surface area contributed by atoms with Gasteiger partial charge in [-0.2, -0.15) is 0 Å². The third-order valence-electron chi connectivity index (χ3n) is 4.50. The topological polar surface area (TPSA) is 84.9 Å². The predicted molar refractivity (Wildman–Crippen MR) is 111 cm³/mol. The van der Waals surface area contributed by atoms with E-state index in [2.05, 4.69) is 5.32 Å². The number of carboxylic acids is 1. The summed E-state index contributed by atoms with van der Waals surface area (Å²) in [6.07, 6.45) is -1.31. The normalized spacial score (nSPS) is 11.9. The molecule has 2 rings (SSSR count). The first kappa shape index (κ1) is 22.4. The van der Waals surface area contributed by atoms with Gasteiger partial charge in [-0.05, 0) is 55.5 Å². The molecule has 2 N–H and O–H groups in total. The van der Waals surface area contributed by atoms with Crippen molar-refractivity contribution in [1.82, 2.24) is 5.32 Å². The minimum atomic E-state index is -0.989. The number of benzene rings is 2. The summed E-state index contributed by atoms with van der Waals surface area (Å²) in [6, 6.07) is 13.4. The number of aryl methyl sites for hydroxylation is 2. The smallest absolute Gasteiger partial charge is 0.407 e. The molecular weight excluding hydrogens is 370 g/mol. The molecule has 0 aromatic heterocycles. The largest absolute Gasteiger partial charge is 0.479 e. The standard InChI is InChI=1S/C23H29NO5/c1-15(2)29-21(22(25)26)12-18-6-5-7-19(11-18)13-24-23(27)28-14-20-9-8-16(3)17(4)10-20/h5-11,15,21H,12-14H2,1-4H3,(H,24,27)(H,25,26). The fourth-order valence-electron chi connectivity index (χ4n) is 2.87. The SMILES string of the molecule is Cc1ccc(COC(=O)NCc2cccc(CC(OC(C)C)C(=O)O)c2)cc1C. The van der Waals surface area contributed by atoms with E-state index in [9.17, 15) is 14.7 Å². The van der Waals surface area contributed by atoms with E-state index < -0.39 is 18.2 Å². The zero-order valence-electron chi connectivity index (χ0n) is 17.4. The van der Waals surface area contributed by atoms with E-state index in [-0.39, 0.29) is 19.1 Å². The number of ether oxygens (including phenoxy) is 2. The van der Waals surface area contributed by atoms with Crippen molar-refractivity contribution in [2.45, 2.75) is 59.5 Å². The quantitative estimate of drug-likeness (QED) is 0.662. The van der Waals surface area contributed by atoms with E-state index >= 15 is 0 Å². The average molecular weight is 399 g/mol. The summed E-state index contributed by atoms with van der Waals surface area (Å²) in [7, 11) is 0. The number of alkyl carbamates (subject to hydrolysis) is 1. The minimum absolute atomic E-state index is 0.173. The van der Waals surface area contributed by atoms with Gasteiger partial charge < -0.3 is 19.9 Å². The molecule has 156 valence electrons. The maximum atomic E-state index is 12.0. The summed E-state index contributed by atoms with van der Waals surface area (Å²) in [5.41, 5.74) is 4.99. The fourth-order valence-corrected chi connectivity index (χ4v) is 2.87. The maximum absolute atomic E-state index is 12.0. The molecule has 2 aromatic carbocycles. The number of amides is 1. The zero-order valence-corrected chi connectivity index (χ0v) is 17.4. The summed E-state index contributed by atoms with van der Waals surface area (Å²) in [5.74, 6) is -0.989. The number of carbonyl (C=O) groups excluding carboxylic acids is 1. The van der Waals surface area contributed by atoms with Crippen molar-refractivity contribution < 1.29 is 24.2 Å². The van der Waals surface area contributed by atoms with E-state index in [4.69, 9.17) is 9.47 Å². The molecule has 0 fully saturated rings. The molecule has 0 aliphatic rings. The molecule has 0 radical (unpaired) electrons. The molecule has 1 unspecified atom stereocenters. The van der Waals surface area contributed by atoms with Crippen LogP contribution < -0.4 is 5.32 Å². The van der Waals surface area contributed by atoms with Crippen LogP contribution in [0, 0.1) is 13.8 Å². The molecule has 0 saturated carbocycles. The van der Waals surface area contributed by atoms with Crippen LogP contribution in [0.2, 0.25) is 0 Å². The van der Waals surface area contributed by atoms with Crippen molar-refractivity contribution in [2.75, 3.05) is 0 Å². The van der Waals surface area contributed by atoms with Crippen LogP contribution in [0.3, 0.4) is 0 Å². The summed E-state index contributed by atoms with van der Waals surface area (Å²) < 4.78 is 10.7. The predicted octanol–water partition coefficient (Wildman–Crippen LogP) is 4.15. The molecule has 6 heteroatoms. The van der Waals surface area contributed by atoms with Crippen LogP contribution >= 0.6 is 0 Å². The van der Waals surface area contributed by atoms with Crippen LogP contribution in [0.1, 0.15) is 41.7 Å². The van der Waals surface area contributed by atoms with E-state index in [1.807, 2.05) is 56.3 Å². The molecule has 0 aliphatic carbocycles. The monoisotopic (exact) mass is 399 g/mol. The van der Waals surface area contributed by atoms with E-state index in [0.717, 1.165) is 22.3 Å². The van der Waals surface area contributed by atoms with Gasteiger partial charge in [0.1, 0.15) is 6.61 Å². The Hall–Kier alpha value is -2.86. The highest BCUT2D eigenvalue weighted by molar-refractivity contribution is 5.72. The van der Waals surface area contributed by atoms with Crippen LogP contribution in [-0.2, 0) is 33.8 Å². The summed E-state index contributed by atoms with van der Waals surface area (Å²) >= 11 is 0. The van der Waals surface area contributed by atoms with Gasteiger partial charge in [0.15, 0.2) is 6.10 Å². The molecule has 0 saturated heterocycles. The molecule has 0 bridgehead atoms. The number of nitrogens with one attached hydrogen (secondary N) is 1. The second-order valence-corrected chi connectivity index (χ2v) is 7.38. The Morgan fingerprint density at radius 3 is 2.38 bits per heavy atom. The lowest BCUT2D eigenvalue weighted by atomic mass is 10.0. The zero-order chi connectivity index (χ0) is 21.4. The summed E-state index contributed by atoms with van der Waals surface area (Å²) in [5, 5.41) is 12.0. The van der Waals surface area contributed by atoms with Crippen LogP contribution in [0.5, 0.6) is 0 Å². The molecule has 0 heterocycles. The van der Waals surface area contributed by atoms with Gasteiger partial charge in [0.05, 0.1) is 6.10 Å². The lowest BCUT2D eigenvalue weighted by molar-refractivity contribution is -0.153. The molecular formula is C23H29NO5. The van der Waals surface area contributed by atoms with Gasteiger partial charge in [-0.25, -0.2) is 9.59 Å². The van der Waals surface area contributed by atoms with Crippen LogP contribution in [0.25, 0.3) is 0 Å². The first-order valence-corrected chi connectivity index (χ1v) is 9.67. The first-order chi connectivity index (χ1) is 13.7. The Labute approximate surface area is 171 Å².